The third-order valence-corrected chi connectivity index (χ3v) is 5.16. The van der Waals surface area contributed by atoms with E-state index >= 15 is 0 Å². The van der Waals surface area contributed by atoms with Crippen LogP contribution in [0.1, 0.15) is 15.6 Å². The van der Waals surface area contributed by atoms with Gasteiger partial charge in [0.2, 0.25) is 0 Å². The number of piperazine rings is 1. The zero-order valence-electron chi connectivity index (χ0n) is 14.2. The van der Waals surface area contributed by atoms with Gasteiger partial charge < -0.3 is 13.7 Å². The van der Waals surface area contributed by atoms with E-state index in [9.17, 15) is 14.9 Å². The molecule has 0 saturated carbocycles. The van der Waals surface area contributed by atoms with Crippen LogP contribution in [0.4, 0.5) is 5.88 Å². The molecule has 3 aromatic heterocycles. The number of furan rings is 2. The van der Waals surface area contributed by atoms with Crippen LogP contribution >= 0.6 is 11.3 Å². The van der Waals surface area contributed by atoms with Crippen molar-refractivity contribution in [2.75, 3.05) is 26.2 Å². The van der Waals surface area contributed by atoms with Crippen molar-refractivity contribution >= 4 is 23.1 Å². The Kier molecular flexibility index (Phi) is 4.73. The quantitative estimate of drug-likeness (QED) is 0.489. The van der Waals surface area contributed by atoms with Gasteiger partial charge in [0.1, 0.15) is 15.6 Å². The third kappa shape index (κ3) is 3.76. The zero-order valence-corrected chi connectivity index (χ0v) is 15.1. The maximum Gasteiger partial charge on any atom is 0.433 e. The van der Waals surface area contributed by atoms with E-state index in [0.29, 0.717) is 32.7 Å². The lowest BCUT2D eigenvalue weighted by Gasteiger charge is -2.33. The average Bonchev–Trinajstić information content (AvgIpc) is 3.42. The van der Waals surface area contributed by atoms with Crippen LogP contribution < -0.4 is 0 Å². The maximum absolute atomic E-state index is 12.4. The van der Waals surface area contributed by atoms with Crippen molar-refractivity contribution in [3.63, 3.8) is 0 Å². The van der Waals surface area contributed by atoms with Crippen molar-refractivity contribution in [1.29, 1.82) is 0 Å². The van der Waals surface area contributed by atoms with Gasteiger partial charge in [0.25, 0.3) is 5.91 Å². The molecule has 0 aliphatic carbocycles. The van der Waals surface area contributed by atoms with Crippen LogP contribution in [0, 0.1) is 10.1 Å². The minimum atomic E-state index is -0.653. The SMILES string of the molecule is O=C(c1ccc([N+](=O)[O-])o1)N1CCN(Cc2nc(-c3ccco3)cs2)CC1. The van der Waals surface area contributed by atoms with E-state index in [1.807, 2.05) is 17.5 Å². The lowest BCUT2D eigenvalue weighted by molar-refractivity contribution is -0.402. The molecular formula is C17H16N4O5S. The Labute approximate surface area is 158 Å². The monoisotopic (exact) mass is 388 g/mol. The van der Waals surface area contributed by atoms with Crippen LogP contribution in [-0.2, 0) is 6.54 Å². The molecule has 9 nitrogen and oxygen atoms in total. The first-order valence-electron chi connectivity index (χ1n) is 8.34. The molecule has 1 saturated heterocycles. The lowest BCUT2D eigenvalue weighted by Crippen LogP contribution is -2.48. The molecule has 0 bridgehead atoms. The number of hydrogen-bond acceptors (Lipinski definition) is 8. The molecule has 3 aromatic rings. The van der Waals surface area contributed by atoms with E-state index in [1.54, 1.807) is 22.5 Å². The van der Waals surface area contributed by atoms with E-state index in [2.05, 4.69) is 9.88 Å². The Hall–Kier alpha value is -2.98. The van der Waals surface area contributed by atoms with Gasteiger partial charge in [-0.1, -0.05) is 0 Å². The lowest BCUT2D eigenvalue weighted by atomic mass is 10.3. The van der Waals surface area contributed by atoms with Crippen molar-refractivity contribution in [3.8, 4) is 11.5 Å². The van der Waals surface area contributed by atoms with E-state index in [1.165, 1.54) is 12.1 Å². The fourth-order valence-electron chi connectivity index (χ4n) is 2.92. The fraction of sp³-hybridized carbons (Fsp3) is 0.294. The first-order chi connectivity index (χ1) is 13.1. The summed E-state index contributed by atoms with van der Waals surface area (Å²) in [5, 5.41) is 13.6. The van der Waals surface area contributed by atoms with Crippen molar-refractivity contribution in [1.82, 2.24) is 14.8 Å². The normalized spacial score (nSPS) is 15.2. The van der Waals surface area contributed by atoms with Crippen molar-refractivity contribution in [3.05, 3.63) is 56.8 Å². The smallest absolute Gasteiger partial charge is 0.433 e. The highest BCUT2D eigenvalue weighted by Gasteiger charge is 2.26. The summed E-state index contributed by atoms with van der Waals surface area (Å²) in [7, 11) is 0. The molecule has 0 atom stereocenters. The highest BCUT2D eigenvalue weighted by molar-refractivity contribution is 7.09. The van der Waals surface area contributed by atoms with Gasteiger partial charge in [-0.05, 0) is 18.2 Å². The second-order valence-corrected chi connectivity index (χ2v) is 7.01. The molecule has 0 N–H and O–H groups in total. The second kappa shape index (κ2) is 7.33. The molecule has 1 amide bonds. The predicted molar refractivity (Wildman–Crippen MR) is 96.4 cm³/mol. The van der Waals surface area contributed by atoms with Crippen LogP contribution in [0.15, 0.2) is 44.7 Å². The molecule has 10 heteroatoms. The number of thiazole rings is 1. The molecular weight excluding hydrogens is 372 g/mol. The standard InChI is InChI=1S/C17H16N4O5S/c22-17(14-3-4-16(26-14)21(23)24)20-7-5-19(6-8-20)10-15-18-12(11-27-15)13-2-1-9-25-13/h1-4,9,11H,5-8,10H2. The first-order valence-corrected chi connectivity index (χ1v) is 9.22. The number of carbonyl (C=O) groups excluding carboxylic acids is 1. The minimum Gasteiger partial charge on any atom is -0.463 e. The Morgan fingerprint density at radius 3 is 2.74 bits per heavy atom. The molecule has 0 unspecified atom stereocenters. The summed E-state index contributed by atoms with van der Waals surface area (Å²) in [4.78, 5) is 30.9. The van der Waals surface area contributed by atoms with Gasteiger partial charge in [-0.25, -0.2) is 4.98 Å². The predicted octanol–water partition coefficient (Wildman–Crippen LogP) is 2.86. The Bertz CT molecular complexity index is 940. The molecule has 140 valence electrons. The van der Waals surface area contributed by atoms with Gasteiger partial charge in [-0.2, -0.15) is 0 Å². The molecule has 1 aliphatic rings. The molecule has 0 aromatic carbocycles. The van der Waals surface area contributed by atoms with E-state index in [0.717, 1.165) is 16.5 Å². The van der Waals surface area contributed by atoms with Crippen LogP contribution in [-0.4, -0.2) is 51.8 Å². The maximum atomic E-state index is 12.4. The summed E-state index contributed by atoms with van der Waals surface area (Å²) in [5.41, 5.74) is 0.827. The fourth-order valence-corrected chi connectivity index (χ4v) is 3.74. The number of nitro groups is 1. The van der Waals surface area contributed by atoms with Gasteiger partial charge in [0.15, 0.2) is 11.5 Å². The Morgan fingerprint density at radius 2 is 2.07 bits per heavy atom. The summed E-state index contributed by atoms with van der Waals surface area (Å²) in [6.07, 6.45) is 1.62. The van der Waals surface area contributed by atoms with Crippen LogP contribution in [0.25, 0.3) is 11.5 Å². The Balaban J connectivity index is 1.32. The van der Waals surface area contributed by atoms with Crippen LogP contribution in [0.3, 0.4) is 0 Å². The second-order valence-electron chi connectivity index (χ2n) is 6.07. The highest BCUT2D eigenvalue weighted by atomic mass is 32.1. The molecule has 1 aliphatic heterocycles. The number of rotatable bonds is 5. The first kappa shape index (κ1) is 17.4. The molecule has 4 rings (SSSR count). The molecule has 0 radical (unpaired) electrons. The molecule has 1 fully saturated rings. The molecule has 0 spiro atoms. The number of carbonyl (C=O) groups is 1. The van der Waals surface area contributed by atoms with E-state index < -0.39 is 10.8 Å². The zero-order chi connectivity index (χ0) is 18.8. The van der Waals surface area contributed by atoms with Crippen molar-refractivity contribution in [2.45, 2.75) is 6.54 Å². The summed E-state index contributed by atoms with van der Waals surface area (Å²) in [6, 6.07) is 6.25. The summed E-state index contributed by atoms with van der Waals surface area (Å²) >= 11 is 1.58. The number of hydrogen-bond donors (Lipinski definition) is 0. The van der Waals surface area contributed by atoms with E-state index in [4.69, 9.17) is 8.83 Å². The van der Waals surface area contributed by atoms with Gasteiger partial charge in [-0.3, -0.25) is 19.8 Å². The average molecular weight is 388 g/mol. The largest absolute Gasteiger partial charge is 0.463 e. The van der Waals surface area contributed by atoms with Crippen LogP contribution in [0.2, 0.25) is 0 Å². The topological polar surface area (TPSA) is 106 Å². The van der Waals surface area contributed by atoms with Gasteiger partial charge in [0, 0.05) is 31.6 Å². The highest BCUT2D eigenvalue weighted by Crippen LogP contribution is 2.23. The summed E-state index contributed by atoms with van der Waals surface area (Å²) < 4.78 is 10.4. The van der Waals surface area contributed by atoms with E-state index in [-0.39, 0.29) is 11.7 Å². The Morgan fingerprint density at radius 1 is 1.26 bits per heavy atom. The van der Waals surface area contributed by atoms with Gasteiger partial charge in [-0.15, -0.1) is 11.3 Å². The van der Waals surface area contributed by atoms with Gasteiger partial charge >= 0.3 is 5.88 Å². The number of aromatic nitrogens is 1. The van der Waals surface area contributed by atoms with Gasteiger partial charge in [0.05, 0.1) is 18.9 Å². The minimum absolute atomic E-state index is 0.00170. The van der Waals surface area contributed by atoms with Crippen molar-refractivity contribution < 1.29 is 18.6 Å². The molecule has 27 heavy (non-hydrogen) atoms. The molecule has 4 heterocycles. The van der Waals surface area contributed by atoms with Crippen molar-refractivity contribution in [2.24, 2.45) is 0 Å². The summed E-state index contributed by atoms with van der Waals surface area (Å²) in [5.74, 6) is 0.00356. The number of nitrogens with zero attached hydrogens (tertiary/aromatic N) is 4. The third-order valence-electron chi connectivity index (χ3n) is 4.33. The van der Waals surface area contributed by atoms with Crippen LogP contribution in [0.5, 0.6) is 0 Å². The number of amides is 1. The summed E-state index contributed by atoms with van der Waals surface area (Å²) in [6.45, 7) is 3.17.